The third-order valence-corrected chi connectivity index (χ3v) is 2.96. The fourth-order valence-electron chi connectivity index (χ4n) is 1.88. The number of carbonyl (C=O) groups is 1. The van der Waals surface area contributed by atoms with Gasteiger partial charge in [-0.3, -0.25) is 19.1 Å². The quantitative estimate of drug-likeness (QED) is 0.824. The van der Waals surface area contributed by atoms with Gasteiger partial charge in [0.2, 0.25) is 0 Å². The number of nitrogens with zero attached hydrogens (tertiary/aromatic N) is 2. The van der Waals surface area contributed by atoms with Gasteiger partial charge >= 0.3 is 5.69 Å². The Morgan fingerprint density at radius 3 is 2.53 bits per heavy atom. The molecule has 2 aromatic rings. The topological polar surface area (TPSA) is 84.8 Å². The van der Waals surface area contributed by atoms with Crippen molar-refractivity contribution < 1.29 is 4.79 Å². The van der Waals surface area contributed by atoms with Crippen LogP contribution in [-0.4, -0.2) is 20.3 Å². The normalized spacial score (nSPS) is 12.1. The second kappa shape index (κ2) is 5.01. The molecule has 0 saturated heterocycles. The third-order valence-electron chi connectivity index (χ3n) is 2.96. The molecule has 0 aliphatic carbocycles. The molecule has 0 fully saturated rings. The summed E-state index contributed by atoms with van der Waals surface area (Å²) in [4.78, 5) is 41.6. The van der Waals surface area contributed by atoms with E-state index in [2.05, 4.69) is 9.97 Å². The van der Waals surface area contributed by atoms with Gasteiger partial charge in [0, 0.05) is 18.6 Å². The smallest absolute Gasteiger partial charge is 0.313 e. The van der Waals surface area contributed by atoms with E-state index >= 15 is 0 Å². The lowest BCUT2D eigenvalue weighted by Gasteiger charge is -2.14. The Morgan fingerprint density at radius 2 is 1.95 bits per heavy atom. The van der Waals surface area contributed by atoms with E-state index in [1.807, 2.05) is 0 Å². The Hall–Kier alpha value is -2.50. The van der Waals surface area contributed by atoms with Crippen LogP contribution < -0.4 is 11.2 Å². The van der Waals surface area contributed by atoms with E-state index in [0.29, 0.717) is 0 Å². The van der Waals surface area contributed by atoms with Gasteiger partial charge in [0.05, 0.1) is 11.6 Å². The zero-order valence-corrected chi connectivity index (χ0v) is 10.6. The third kappa shape index (κ3) is 2.37. The number of nitrogens with one attached hydrogen (secondary N) is 1. The van der Waals surface area contributed by atoms with Crippen LogP contribution in [0.15, 0.2) is 40.3 Å². The molecule has 98 valence electrons. The van der Waals surface area contributed by atoms with Gasteiger partial charge in [-0.2, -0.15) is 0 Å². The van der Waals surface area contributed by atoms with Gasteiger partial charge in [-0.1, -0.05) is 0 Å². The lowest BCUT2D eigenvalue weighted by molar-refractivity contribution is 0.101. The molecule has 0 bridgehead atoms. The molecule has 2 rings (SSSR count). The molecule has 19 heavy (non-hydrogen) atoms. The summed E-state index contributed by atoms with van der Waals surface area (Å²) in [5.41, 5.74) is -0.385. The fourth-order valence-corrected chi connectivity index (χ4v) is 1.88. The predicted octanol–water partition coefficient (Wildman–Crippen LogP) is 0.744. The lowest BCUT2D eigenvalue weighted by atomic mass is 10.1. The number of pyridine rings is 1. The van der Waals surface area contributed by atoms with Crippen LogP contribution in [0.3, 0.4) is 0 Å². The van der Waals surface area contributed by atoms with Gasteiger partial charge in [0.1, 0.15) is 0 Å². The highest BCUT2D eigenvalue weighted by Crippen LogP contribution is 2.12. The molecule has 6 heteroatoms. The van der Waals surface area contributed by atoms with Crippen molar-refractivity contribution in [3.63, 3.8) is 0 Å². The largest absolute Gasteiger partial charge is 0.328 e. The molecule has 0 aromatic carbocycles. The number of aromatic nitrogens is 3. The Bertz CT molecular complexity index is 716. The summed E-state index contributed by atoms with van der Waals surface area (Å²) >= 11 is 0. The van der Waals surface area contributed by atoms with Crippen molar-refractivity contribution in [3.8, 4) is 0 Å². The minimum absolute atomic E-state index is 0.0273. The number of Topliss-reactive ketones (excluding diaryl/α,β-unsaturated/α-hetero) is 1. The van der Waals surface area contributed by atoms with E-state index in [4.69, 9.17) is 0 Å². The highest BCUT2D eigenvalue weighted by Gasteiger charge is 2.16. The second-order valence-electron chi connectivity index (χ2n) is 4.20. The molecule has 0 spiro atoms. The second-order valence-corrected chi connectivity index (χ2v) is 4.20. The maximum atomic E-state index is 12.2. The highest BCUT2D eigenvalue weighted by atomic mass is 16.2. The summed E-state index contributed by atoms with van der Waals surface area (Å²) in [6.45, 7) is 3.01. The monoisotopic (exact) mass is 259 g/mol. The molecule has 1 atom stereocenters. The number of hydrogen-bond donors (Lipinski definition) is 1. The van der Waals surface area contributed by atoms with Crippen molar-refractivity contribution in [2.24, 2.45) is 0 Å². The maximum Gasteiger partial charge on any atom is 0.328 e. The zero-order chi connectivity index (χ0) is 14.0. The summed E-state index contributed by atoms with van der Waals surface area (Å²) in [5.74, 6) is -0.378. The molecular formula is C13H13N3O3. The molecule has 0 saturated carbocycles. The predicted molar refractivity (Wildman–Crippen MR) is 69.4 cm³/mol. The van der Waals surface area contributed by atoms with E-state index in [9.17, 15) is 14.4 Å². The minimum Gasteiger partial charge on any atom is -0.313 e. The molecule has 2 heterocycles. The van der Waals surface area contributed by atoms with Gasteiger partial charge in [0.15, 0.2) is 5.78 Å². The van der Waals surface area contributed by atoms with Crippen LogP contribution in [0.25, 0.3) is 0 Å². The van der Waals surface area contributed by atoms with E-state index < -0.39 is 17.3 Å². The van der Waals surface area contributed by atoms with Crippen molar-refractivity contribution in [2.75, 3.05) is 0 Å². The average molecular weight is 259 g/mol. The first-order valence-electron chi connectivity index (χ1n) is 5.77. The first-order chi connectivity index (χ1) is 9.02. The van der Waals surface area contributed by atoms with Gasteiger partial charge < -0.3 is 4.98 Å². The van der Waals surface area contributed by atoms with Crippen LogP contribution in [0, 0.1) is 0 Å². The SMILES string of the molecule is CC(=O)c1c[nH]c(=O)n(C(C)c2ccncc2)c1=O. The van der Waals surface area contributed by atoms with E-state index in [0.717, 1.165) is 16.3 Å². The van der Waals surface area contributed by atoms with E-state index in [1.165, 1.54) is 6.92 Å². The molecule has 0 aliphatic rings. The summed E-state index contributed by atoms with van der Waals surface area (Å²) in [5, 5.41) is 0. The molecule has 0 radical (unpaired) electrons. The van der Waals surface area contributed by atoms with Crippen LogP contribution in [0.4, 0.5) is 0 Å². The summed E-state index contributed by atoms with van der Waals surface area (Å²) in [6.07, 6.45) is 4.32. The van der Waals surface area contributed by atoms with Gasteiger partial charge in [0.25, 0.3) is 5.56 Å². The van der Waals surface area contributed by atoms with Crippen molar-refractivity contribution in [1.29, 1.82) is 0 Å². The molecule has 0 aliphatic heterocycles. The van der Waals surface area contributed by atoms with Gasteiger partial charge in [-0.05, 0) is 31.5 Å². The Morgan fingerprint density at radius 1 is 1.32 bits per heavy atom. The number of aromatic amines is 1. The summed E-state index contributed by atoms with van der Waals surface area (Å²) in [6, 6.07) is 2.96. The van der Waals surface area contributed by atoms with Gasteiger partial charge in [-0.25, -0.2) is 4.79 Å². The Kier molecular flexibility index (Phi) is 3.41. The van der Waals surface area contributed by atoms with Crippen LogP contribution in [0.1, 0.15) is 35.8 Å². The standard InChI is InChI=1S/C13H13N3O3/c1-8(10-3-5-14-6-4-10)16-12(18)11(9(2)17)7-15-13(16)19/h3-8H,1-2H3,(H,15,19). The van der Waals surface area contributed by atoms with Crippen LogP contribution in [0.2, 0.25) is 0 Å². The fraction of sp³-hybridized carbons (Fsp3) is 0.231. The van der Waals surface area contributed by atoms with E-state index in [1.54, 1.807) is 31.5 Å². The van der Waals surface area contributed by atoms with Crippen LogP contribution >= 0.6 is 0 Å². The maximum absolute atomic E-state index is 12.2. The number of rotatable bonds is 3. The number of H-pyrrole nitrogens is 1. The lowest BCUT2D eigenvalue weighted by Crippen LogP contribution is -2.39. The van der Waals surface area contributed by atoms with Gasteiger partial charge in [-0.15, -0.1) is 0 Å². The zero-order valence-electron chi connectivity index (χ0n) is 10.6. The van der Waals surface area contributed by atoms with Crippen molar-refractivity contribution in [3.05, 3.63) is 62.7 Å². The van der Waals surface area contributed by atoms with Crippen molar-refractivity contribution >= 4 is 5.78 Å². The van der Waals surface area contributed by atoms with Crippen molar-refractivity contribution in [2.45, 2.75) is 19.9 Å². The van der Waals surface area contributed by atoms with Crippen molar-refractivity contribution in [1.82, 2.24) is 14.5 Å². The Balaban J connectivity index is 2.63. The highest BCUT2D eigenvalue weighted by molar-refractivity contribution is 5.93. The first kappa shape index (κ1) is 12.9. The summed E-state index contributed by atoms with van der Waals surface area (Å²) < 4.78 is 1.03. The van der Waals surface area contributed by atoms with E-state index in [-0.39, 0.29) is 11.3 Å². The number of ketones is 1. The minimum atomic E-state index is -0.583. The molecule has 0 amide bonds. The van der Waals surface area contributed by atoms with Crippen LogP contribution in [0.5, 0.6) is 0 Å². The van der Waals surface area contributed by atoms with Crippen LogP contribution in [-0.2, 0) is 0 Å². The number of carbonyl (C=O) groups excluding carboxylic acids is 1. The average Bonchev–Trinajstić information content (AvgIpc) is 2.39. The molecule has 1 N–H and O–H groups in total. The number of hydrogen-bond acceptors (Lipinski definition) is 4. The molecule has 2 aromatic heterocycles. The molecule has 1 unspecified atom stereocenters. The molecule has 6 nitrogen and oxygen atoms in total. The summed E-state index contributed by atoms with van der Waals surface area (Å²) in [7, 11) is 0. The Labute approximate surface area is 108 Å². The first-order valence-corrected chi connectivity index (χ1v) is 5.77. The molecular weight excluding hydrogens is 246 g/mol.